The van der Waals surface area contributed by atoms with Crippen LogP contribution < -0.4 is 11.1 Å². The van der Waals surface area contributed by atoms with Crippen molar-refractivity contribution in [3.8, 4) is 0 Å². The lowest BCUT2D eigenvalue weighted by atomic mass is 10.0. The molecule has 2 atom stereocenters. The van der Waals surface area contributed by atoms with Crippen LogP contribution >= 0.6 is 0 Å². The lowest BCUT2D eigenvalue weighted by molar-refractivity contribution is -0.142. The molecule has 1 amide bonds. The van der Waals surface area contributed by atoms with Crippen molar-refractivity contribution in [2.45, 2.75) is 52.1 Å². The number of hydrogen-bond donors (Lipinski definition) is 3. The van der Waals surface area contributed by atoms with Gasteiger partial charge in [0.15, 0.2) is 0 Å². The summed E-state index contributed by atoms with van der Waals surface area (Å²) in [4.78, 5) is 22.4. The molecule has 5 nitrogen and oxygen atoms in total. The molecule has 0 aliphatic carbocycles. The van der Waals surface area contributed by atoms with Gasteiger partial charge in [-0.2, -0.15) is 0 Å². The summed E-state index contributed by atoms with van der Waals surface area (Å²) in [5, 5.41) is 11.3. The topological polar surface area (TPSA) is 92.4 Å². The second-order valence-corrected chi connectivity index (χ2v) is 4.42. The van der Waals surface area contributed by atoms with Gasteiger partial charge in [0.05, 0.1) is 6.04 Å². The molecule has 0 radical (unpaired) electrons. The van der Waals surface area contributed by atoms with Crippen molar-refractivity contribution in [2.75, 3.05) is 0 Å². The maximum absolute atomic E-state index is 11.6. The zero-order chi connectivity index (χ0) is 12.7. The molecule has 0 saturated heterocycles. The maximum atomic E-state index is 11.6. The lowest BCUT2D eigenvalue weighted by Crippen LogP contribution is -2.48. The summed E-state index contributed by atoms with van der Waals surface area (Å²) in [6, 6.07) is -1.45. The Hall–Kier alpha value is -1.10. The standard InChI is InChI=1S/C11H22N2O3/c1-4-5-9(11(15)16)13-10(14)8(12)6-7(2)3/h7-9H,4-6,12H2,1-3H3,(H,13,14)(H,15,16)/t8-,9+/m1/s1. The van der Waals surface area contributed by atoms with Crippen LogP contribution in [0.15, 0.2) is 0 Å². The Labute approximate surface area is 96.4 Å². The number of nitrogens with one attached hydrogen (secondary N) is 1. The molecule has 0 aromatic heterocycles. The molecular formula is C11H22N2O3. The summed E-state index contributed by atoms with van der Waals surface area (Å²) in [5.41, 5.74) is 5.66. The van der Waals surface area contributed by atoms with Crippen molar-refractivity contribution in [1.82, 2.24) is 5.32 Å². The van der Waals surface area contributed by atoms with Crippen molar-refractivity contribution in [2.24, 2.45) is 11.7 Å². The van der Waals surface area contributed by atoms with Gasteiger partial charge in [0, 0.05) is 0 Å². The summed E-state index contributed by atoms with van der Waals surface area (Å²) >= 11 is 0. The highest BCUT2D eigenvalue weighted by Gasteiger charge is 2.22. The number of hydrogen-bond acceptors (Lipinski definition) is 3. The van der Waals surface area contributed by atoms with Crippen LogP contribution in [0.5, 0.6) is 0 Å². The first-order valence-corrected chi connectivity index (χ1v) is 5.67. The zero-order valence-corrected chi connectivity index (χ0v) is 10.2. The van der Waals surface area contributed by atoms with Crippen molar-refractivity contribution in [3.63, 3.8) is 0 Å². The van der Waals surface area contributed by atoms with Crippen LogP contribution in [-0.2, 0) is 9.59 Å². The van der Waals surface area contributed by atoms with E-state index in [0.717, 1.165) is 0 Å². The first-order chi connectivity index (χ1) is 7.38. The van der Waals surface area contributed by atoms with E-state index < -0.39 is 18.1 Å². The molecule has 5 heteroatoms. The van der Waals surface area contributed by atoms with E-state index in [2.05, 4.69) is 5.32 Å². The Balaban J connectivity index is 4.23. The summed E-state index contributed by atoms with van der Waals surface area (Å²) in [5.74, 6) is -1.07. The Bertz CT molecular complexity index is 241. The normalized spacial score (nSPS) is 14.6. The fourth-order valence-corrected chi connectivity index (χ4v) is 1.44. The third-order valence-electron chi connectivity index (χ3n) is 2.25. The van der Waals surface area contributed by atoms with Gasteiger partial charge in [-0.1, -0.05) is 27.2 Å². The summed E-state index contributed by atoms with van der Waals surface area (Å²) in [6.45, 7) is 5.80. The third-order valence-corrected chi connectivity index (χ3v) is 2.25. The highest BCUT2D eigenvalue weighted by molar-refractivity contribution is 5.86. The summed E-state index contributed by atoms with van der Waals surface area (Å²) < 4.78 is 0. The van der Waals surface area contributed by atoms with E-state index in [-0.39, 0.29) is 5.91 Å². The number of rotatable bonds is 7. The molecule has 0 heterocycles. The number of carbonyl (C=O) groups excluding carboxylic acids is 1. The van der Waals surface area contributed by atoms with E-state index in [1.807, 2.05) is 20.8 Å². The largest absolute Gasteiger partial charge is 0.480 e. The lowest BCUT2D eigenvalue weighted by Gasteiger charge is -2.18. The number of carbonyl (C=O) groups is 2. The van der Waals surface area contributed by atoms with Crippen molar-refractivity contribution >= 4 is 11.9 Å². The van der Waals surface area contributed by atoms with Gasteiger partial charge < -0.3 is 16.2 Å². The molecule has 94 valence electrons. The predicted molar refractivity (Wildman–Crippen MR) is 61.9 cm³/mol. The molecule has 16 heavy (non-hydrogen) atoms. The molecule has 0 fully saturated rings. The number of carboxylic acid groups (broad SMARTS) is 1. The van der Waals surface area contributed by atoms with Crippen molar-refractivity contribution in [3.05, 3.63) is 0 Å². The van der Waals surface area contributed by atoms with Crippen LogP contribution in [0.2, 0.25) is 0 Å². The molecule has 4 N–H and O–H groups in total. The molecule has 0 bridgehead atoms. The second-order valence-electron chi connectivity index (χ2n) is 4.42. The Morgan fingerprint density at radius 2 is 1.94 bits per heavy atom. The van der Waals surface area contributed by atoms with E-state index in [0.29, 0.717) is 25.2 Å². The molecule has 0 spiro atoms. The average molecular weight is 230 g/mol. The molecule has 0 aromatic carbocycles. The fraction of sp³-hybridized carbons (Fsp3) is 0.818. The van der Waals surface area contributed by atoms with E-state index in [9.17, 15) is 9.59 Å². The Kier molecular flexibility index (Phi) is 6.72. The number of aliphatic carboxylic acids is 1. The van der Waals surface area contributed by atoms with E-state index in [4.69, 9.17) is 10.8 Å². The minimum atomic E-state index is -1.01. The maximum Gasteiger partial charge on any atom is 0.326 e. The fourth-order valence-electron chi connectivity index (χ4n) is 1.44. The molecule has 0 aliphatic rings. The van der Waals surface area contributed by atoms with E-state index in [1.54, 1.807) is 0 Å². The van der Waals surface area contributed by atoms with Gasteiger partial charge >= 0.3 is 5.97 Å². The van der Waals surface area contributed by atoms with E-state index >= 15 is 0 Å². The highest BCUT2D eigenvalue weighted by Crippen LogP contribution is 2.04. The molecule has 0 aliphatic heterocycles. The molecular weight excluding hydrogens is 208 g/mol. The number of nitrogens with two attached hydrogens (primary N) is 1. The SMILES string of the molecule is CCC[C@H](NC(=O)[C@H](N)CC(C)C)C(=O)O. The van der Waals surface area contributed by atoms with Crippen molar-refractivity contribution < 1.29 is 14.7 Å². The predicted octanol–water partition coefficient (Wildman–Crippen LogP) is 0.729. The third kappa shape index (κ3) is 5.70. The zero-order valence-electron chi connectivity index (χ0n) is 10.2. The quantitative estimate of drug-likeness (QED) is 0.601. The number of amides is 1. The first kappa shape index (κ1) is 14.9. The molecule has 0 unspecified atom stereocenters. The minimum Gasteiger partial charge on any atom is -0.480 e. The Morgan fingerprint density at radius 1 is 1.38 bits per heavy atom. The molecule has 0 aromatic rings. The van der Waals surface area contributed by atoms with Gasteiger partial charge in [-0.3, -0.25) is 4.79 Å². The Morgan fingerprint density at radius 3 is 2.31 bits per heavy atom. The highest BCUT2D eigenvalue weighted by atomic mass is 16.4. The van der Waals surface area contributed by atoms with Crippen LogP contribution in [0, 0.1) is 5.92 Å². The van der Waals surface area contributed by atoms with Gasteiger partial charge in [-0.05, 0) is 18.8 Å². The van der Waals surface area contributed by atoms with Crippen LogP contribution in [0.1, 0.15) is 40.0 Å². The van der Waals surface area contributed by atoms with Crippen LogP contribution in [0.4, 0.5) is 0 Å². The van der Waals surface area contributed by atoms with Gasteiger partial charge in [0.25, 0.3) is 0 Å². The van der Waals surface area contributed by atoms with Gasteiger partial charge in [0.2, 0.25) is 5.91 Å². The van der Waals surface area contributed by atoms with Crippen LogP contribution in [0.25, 0.3) is 0 Å². The van der Waals surface area contributed by atoms with Crippen LogP contribution in [-0.4, -0.2) is 29.1 Å². The van der Waals surface area contributed by atoms with Gasteiger partial charge in [0.1, 0.15) is 6.04 Å². The second kappa shape index (κ2) is 7.22. The average Bonchev–Trinajstić information content (AvgIpc) is 2.15. The summed E-state index contributed by atoms with van der Waals surface area (Å²) in [6.07, 6.45) is 1.69. The molecule has 0 rings (SSSR count). The first-order valence-electron chi connectivity index (χ1n) is 5.67. The van der Waals surface area contributed by atoms with E-state index in [1.165, 1.54) is 0 Å². The minimum absolute atomic E-state index is 0.315. The molecule has 0 saturated carbocycles. The monoisotopic (exact) mass is 230 g/mol. The number of carboxylic acids is 1. The smallest absolute Gasteiger partial charge is 0.326 e. The van der Waals surface area contributed by atoms with Crippen molar-refractivity contribution in [1.29, 1.82) is 0 Å². The van der Waals surface area contributed by atoms with Gasteiger partial charge in [-0.15, -0.1) is 0 Å². The summed E-state index contributed by atoms with van der Waals surface area (Å²) in [7, 11) is 0. The van der Waals surface area contributed by atoms with Crippen LogP contribution in [0.3, 0.4) is 0 Å². The van der Waals surface area contributed by atoms with Gasteiger partial charge in [-0.25, -0.2) is 4.79 Å².